The molecule has 1 aromatic heterocycles. The summed E-state index contributed by atoms with van der Waals surface area (Å²) in [7, 11) is 1.65. The highest BCUT2D eigenvalue weighted by Gasteiger charge is 2.16. The first kappa shape index (κ1) is 20.0. The molecule has 5 nitrogen and oxygen atoms in total. The number of rotatable bonds is 7. The quantitative estimate of drug-likeness (QED) is 0.309. The molecule has 4 aromatic rings. The summed E-state index contributed by atoms with van der Waals surface area (Å²) in [4.78, 5) is 18.2. The Morgan fingerprint density at radius 3 is 2.47 bits per heavy atom. The van der Waals surface area contributed by atoms with Gasteiger partial charge in [-0.05, 0) is 48.9 Å². The molecule has 0 aliphatic heterocycles. The van der Waals surface area contributed by atoms with Crippen LogP contribution in [0.2, 0.25) is 0 Å². The summed E-state index contributed by atoms with van der Waals surface area (Å²) in [6.45, 7) is 2.44. The number of ether oxygens (including phenoxy) is 2. The maximum absolute atomic E-state index is 13.4. The highest BCUT2D eigenvalue weighted by atomic mass is 32.2. The van der Waals surface area contributed by atoms with E-state index in [0.29, 0.717) is 39.9 Å². The fraction of sp³-hybridized carbons (Fsp3) is 0.167. The first-order valence-corrected chi connectivity index (χ1v) is 10.7. The van der Waals surface area contributed by atoms with Gasteiger partial charge in [-0.2, -0.15) is 0 Å². The third-order valence-electron chi connectivity index (χ3n) is 4.68. The number of nitrogens with zero attached hydrogens (tertiary/aromatic N) is 2. The normalized spacial score (nSPS) is 10.9. The van der Waals surface area contributed by atoms with E-state index in [1.54, 1.807) is 11.7 Å². The van der Waals surface area contributed by atoms with E-state index in [2.05, 4.69) is 0 Å². The van der Waals surface area contributed by atoms with E-state index in [4.69, 9.17) is 14.5 Å². The van der Waals surface area contributed by atoms with E-state index in [1.165, 1.54) is 11.8 Å². The number of hydrogen-bond donors (Lipinski definition) is 0. The van der Waals surface area contributed by atoms with Crippen molar-refractivity contribution in [3.05, 3.63) is 88.7 Å². The lowest BCUT2D eigenvalue weighted by Gasteiger charge is -2.16. The summed E-state index contributed by atoms with van der Waals surface area (Å²) in [5.74, 6) is 2.14. The van der Waals surface area contributed by atoms with E-state index >= 15 is 0 Å². The van der Waals surface area contributed by atoms with E-state index in [-0.39, 0.29) is 5.56 Å². The van der Waals surface area contributed by atoms with Crippen LogP contribution in [0.15, 0.2) is 82.7 Å². The first-order valence-electron chi connectivity index (χ1n) is 9.71. The standard InChI is InChI=1S/C24H22N2O3S/c1-3-29-22-11-7-6-10-21(22)26-23(27)19-8-4-5-9-20(19)25-24(26)30-16-17-12-14-18(28-2)15-13-17/h4-15H,3,16H2,1-2H3. The molecule has 0 atom stereocenters. The Bertz CT molecular complexity index is 1220. The highest BCUT2D eigenvalue weighted by molar-refractivity contribution is 7.98. The van der Waals surface area contributed by atoms with Crippen LogP contribution in [-0.2, 0) is 5.75 Å². The Hall–Kier alpha value is -3.25. The van der Waals surface area contributed by atoms with Crippen molar-refractivity contribution in [1.29, 1.82) is 0 Å². The molecule has 0 fully saturated rings. The van der Waals surface area contributed by atoms with Crippen LogP contribution >= 0.6 is 11.8 Å². The lowest BCUT2D eigenvalue weighted by molar-refractivity contribution is 0.338. The summed E-state index contributed by atoms with van der Waals surface area (Å²) in [5, 5.41) is 1.21. The zero-order valence-electron chi connectivity index (χ0n) is 16.9. The van der Waals surface area contributed by atoms with Crippen molar-refractivity contribution >= 4 is 22.7 Å². The van der Waals surface area contributed by atoms with Crippen LogP contribution in [0.5, 0.6) is 11.5 Å². The van der Waals surface area contributed by atoms with Crippen molar-refractivity contribution in [2.45, 2.75) is 17.8 Å². The minimum Gasteiger partial charge on any atom is -0.497 e. The zero-order chi connectivity index (χ0) is 20.9. The second-order valence-corrected chi connectivity index (χ2v) is 7.53. The summed E-state index contributed by atoms with van der Waals surface area (Å²) in [6.07, 6.45) is 0. The summed E-state index contributed by atoms with van der Waals surface area (Å²) in [6, 6.07) is 22.9. The summed E-state index contributed by atoms with van der Waals surface area (Å²) >= 11 is 1.52. The number of aromatic nitrogens is 2. The summed E-state index contributed by atoms with van der Waals surface area (Å²) < 4.78 is 12.7. The lowest BCUT2D eigenvalue weighted by Crippen LogP contribution is -2.22. The molecule has 0 saturated carbocycles. The van der Waals surface area contributed by atoms with Gasteiger partial charge in [-0.3, -0.25) is 9.36 Å². The monoisotopic (exact) mass is 418 g/mol. The third kappa shape index (κ3) is 4.04. The fourth-order valence-electron chi connectivity index (χ4n) is 3.21. The third-order valence-corrected chi connectivity index (χ3v) is 5.69. The average molecular weight is 419 g/mol. The molecule has 0 bridgehead atoms. The van der Waals surface area contributed by atoms with Crippen molar-refractivity contribution in [2.75, 3.05) is 13.7 Å². The van der Waals surface area contributed by atoms with Crippen molar-refractivity contribution < 1.29 is 9.47 Å². The van der Waals surface area contributed by atoms with Crippen molar-refractivity contribution in [3.63, 3.8) is 0 Å². The molecule has 0 amide bonds. The SMILES string of the molecule is CCOc1ccccc1-n1c(SCc2ccc(OC)cc2)nc2ccccc2c1=O. The van der Waals surface area contributed by atoms with E-state index in [1.807, 2.05) is 79.7 Å². The maximum atomic E-state index is 13.4. The van der Waals surface area contributed by atoms with E-state index < -0.39 is 0 Å². The zero-order valence-corrected chi connectivity index (χ0v) is 17.7. The summed E-state index contributed by atoms with van der Waals surface area (Å²) in [5.41, 5.74) is 2.39. The molecule has 0 N–H and O–H groups in total. The molecular formula is C24H22N2O3S. The van der Waals surface area contributed by atoms with Crippen LogP contribution < -0.4 is 15.0 Å². The number of methoxy groups -OCH3 is 1. The number of thioether (sulfide) groups is 1. The Morgan fingerprint density at radius 1 is 0.967 bits per heavy atom. The fourth-order valence-corrected chi connectivity index (χ4v) is 4.17. The van der Waals surface area contributed by atoms with Gasteiger partial charge >= 0.3 is 0 Å². The van der Waals surface area contributed by atoms with Gasteiger partial charge in [0.2, 0.25) is 0 Å². The molecular weight excluding hydrogens is 396 g/mol. The second kappa shape index (κ2) is 9.05. The molecule has 30 heavy (non-hydrogen) atoms. The molecule has 4 rings (SSSR count). The largest absolute Gasteiger partial charge is 0.497 e. The van der Waals surface area contributed by atoms with Crippen LogP contribution in [-0.4, -0.2) is 23.3 Å². The molecule has 0 aliphatic carbocycles. The molecule has 0 spiro atoms. The van der Waals surface area contributed by atoms with Crippen LogP contribution in [0.25, 0.3) is 16.6 Å². The van der Waals surface area contributed by atoms with Gasteiger partial charge in [0, 0.05) is 5.75 Å². The molecule has 0 radical (unpaired) electrons. The van der Waals surface area contributed by atoms with Gasteiger partial charge in [0.15, 0.2) is 5.16 Å². The van der Waals surface area contributed by atoms with Crippen LogP contribution in [0, 0.1) is 0 Å². The molecule has 6 heteroatoms. The van der Waals surface area contributed by atoms with Crippen LogP contribution in [0.3, 0.4) is 0 Å². The van der Waals surface area contributed by atoms with Gasteiger partial charge in [0.25, 0.3) is 5.56 Å². The van der Waals surface area contributed by atoms with Gasteiger partial charge < -0.3 is 9.47 Å². The van der Waals surface area contributed by atoms with Gasteiger partial charge in [0.1, 0.15) is 11.5 Å². The number of para-hydroxylation sites is 3. The molecule has 0 saturated heterocycles. The Labute approximate surface area is 179 Å². The van der Waals surface area contributed by atoms with Crippen molar-refractivity contribution in [1.82, 2.24) is 9.55 Å². The van der Waals surface area contributed by atoms with Gasteiger partial charge in [0.05, 0.1) is 30.3 Å². The number of benzene rings is 3. The van der Waals surface area contributed by atoms with Crippen LogP contribution in [0.1, 0.15) is 12.5 Å². The Morgan fingerprint density at radius 2 is 1.70 bits per heavy atom. The predicted molar refractivity (Wildman–Crippen MR) is 121 cm³/mol. The maximum Gasteiger partial charge on any atom is 0.266 e. The molecule has 0 aliphatic rings. The Kier molecular flexibility index (Phi) is 6.05. The van der Waals surface area contributed by atoms with E-state index in [9.17, 15) is 4.79 Å². The van der Waals surface area contributed by atoms with Crippen molar-refractivity contribution in [2.24, 2.45) is 0 Å². The molecule has 0 unspecified atom stereocenters. The van der Waals surface area contributed by atoms with Gasteiger partial charge in [-0.15, -0.1) is 0 Å². The number of hydrogen-bond acceptors (Lipinski definition) is 5. The van der Waals surface area contributed by atoms with Gasteiger partial charge in [-0.25, -0.2) is 4.98 Å². The van der Waals surface area contributed by atoms with E-state index in [0.717, 1.165) is 11.3 Å². The number of fused-ring (bicyclic) bond motifs is 1. The highest BCUT2D eigenvalue weighted by Crippen LogP contribution is 2.29. The molecule has 3 aromatic carbocycles. The molecule has 1 heterocycles. The minimum absolute atomic E-state index is 0.106. The smallest absolute Gasteiger partial charge is 0.266 e. The minimum atomic E-state index is -0.106. The predicted octanol–water partition coefficient (Wildman–Crippen LogP) is 5.09. The van der Waals surface area contributed by atoms with Crippen LogP contribution in [0.4, 0.5) is 0 Å². The lowest BCUT2D eigenvalue weighted by atomic mass is 10.2. The Balaban J connectivity index is 1.81. The average Bonchev–Trinajstić information content (AvgIpc) is 2.79. The van der Waals surface area contributed by atoms with Gasteiger partial charge in [-0.1, -0.05) is 48.2 Å². The topological polar surface area (TPSA) is 53.4 Å². The molecule has 152 valence electrons. The first-order chi connectivity index (χ1) is 14.7. The van der Waals surface area contributed by atoms with Crippen molar-refractivity contribution in [3.8, 4) is 17.2 Å². The second-order valence-electron chi connectivity index (χ2n) is 6.59.